The van der Waals surface area contributed by atoms with Crippen LogP contribution in [0.3, 0.4) is 0 Å². The molecule has 266 valence electrons. The van der Waals surface area contributed by atoms with Gasteiger partial charge in [0.2, 0.25) is 0 Å². The van der Waals surface area contributed by atoms with Crippen LogP contribution in [0.5, 0.6) is 0 Å². The van der Waals surface area contributed by atoms with Crippen molar-refractivity contribution in [2.24, 2.45) is 0 Å². The first-order valence-electron chi connectivity index (χ1n) is 19.6. The van der Waals surface area contributed by atoms with Crippen LogP contribution in [0, 0.1) is 0 Å². The fraction of sp³-hybridized carbons (Fsp3) is 0.762. The van der Waals surface area contributed by atoms with Crippen molar-refractivity contribution in [2.45, 2.75) is 206 Å². The Morgan fingerprint density at radius 1 is 0.500 bits per heavy atom. The minimum atomic E-state index is -0.675. The predicted molar refractivity (Wildman–Crippen MR) is 199 cm³/mol. The van der Waals surface area contributed by atoms with Gasteiger partial charge >= 0.3 is 11.9 Å². The molecule has 0 rings (SSSR count). The number of carbonyl (C=O) groups is 2. The van der Waals surface area contributed by atoms with Crippen LogP contribution >= 0.6 is 0 Å². The van der Waals surface area contributed by atoms with Crippen molar-refractivity contribution >= 4 is 11.9 Å². The number of carboxylic acids is 1. The first-order valence-corrected chi connectivity index (χ1v) is 19.6. The molecular weight excluding hydrogens is 568 g/mol. The lowest BCUT2D eigenvalue weighted by atomic mass is 10.0. The van der Waals surface area contributed by atoms with E-state index in [-0.39, 0.29) is 12.1 Å². The quantitative estimate of drug-likeness (QED) is 0.0424. The lowest BCUT2D eigenvalue weighted by Gasteiger charge is -2.18. The molecule has 0 saturated heterocycles. The molecule has 0 aromatic carbocycles. The van der Waals surface area contributed by atoms with Crippen LogP contribution in [0.25, 0.3) is 0 Å². The summed E-state index contributed by atoms with van der Waals surface area (Å²) in [7, 11) is 0. The molecule has 46 heavy (non-hydrogen) atoms. The Kier molecular flexibility index (Phi) is 35.7. The lowest BCUT2D eigenvalue weighted by Crippen LogP contribution is -2.18. The zero-order chi connectivity index (χ0) is 33.6. The van der Waals surface area contributed by atoms with Gasteiger partial charge in [-0.05, 0) is 77.0 Å². The highest BCUT2D eigenvalue weighted by molar-refractivity contribution is 5.69. The van der Waals surface area contributed by atoms with Gasteiger partial charge < -0.3 is 9.84 Å². The number of ether oxygens (including phenoxy) is 1. The second-order valence-corrected chi connectivity index (χ2v) is 13.1. The number of hydrogen-bond acceptors (Lipinski definition) is 3. The SMILES string of the molecule is CC/C=C\C/C=C\C/C=C\C/C=C\CCCCC(=O)OC(CCCCCCCCC)CCCCCCCCCCCCCC(=O)O. The Balaban J connectivity index is 4.09. The Hall–Kier alpha value is -2.10. The summed E-state index contributed by atoms with van der Waals surface area (Å²) in [6, 6.07) is 0. The zero-order valence-electron chi connectivity index (χ0n) is 30.4. The van der Waals surface area contributed by atoms with E-state index in [9.17, 15) is 9.59 Å². The van der Waals surface area contributed by atoms with E-state index < -0.39 is 5.97 Å². The Labute approximate surface area is 285 Å². The lowest BCUT2D eigenvalue weighted by molar-refractivity contribution is -0.150. The average molecular weight is 643 g/mol. The van der Waals surface area contributed by atoms with Crippen molar-refractivity contribution in [1.82, 2.24) is 0 Å². The van der Waals surface area contributed by atoms with Crippen LogP contribution < -0.4 is 0 Å². The van der Waals surface area contributed by atoms with Gasteiger partial charge in [0.25, 0.3) is 0 Å². The van der Waals surface area contributed by atoms with Crippen LogP contribution in [-0.4, -0.2) is 23.1 Å². The smallest absolute Gasteiger partial charge is 0.306 e. The third kappa shape index (κ3) is 36.4. The number of unbranched alkanes of at least 4 members (excludes halogenated alkanes) is 18. The molecular formula is C42H74O4. The summed E-state index contributed by atoms with van der Waals surface area (Å²) in [5.41, 5.74) is 0. The van der Waals surface area contributed by atoms with Crippen LogP contribution in [0.15, 0.2) is 48.6 Å². The number of hydrogen-bond donors (Lipinski definition) is 1. The molecule has 0 fully saturated rings. The summed E-state index contributed by atoms with van der Waals surface area (Å²) >= 11 is 0. The maximum absolute atomic E-state index is 12.7. The van der Waals surface area contributed by atoms with Gasteiger partial charge in [0, 0.05) is 12.8 Å². The van der Waals surface area contributed by atoms with E-state index in [0.29, 0.717) is 12.8 Å². The predicted octanol–water partition coefficient (Wildman–Crippen LogP) is 13.6. The van der Waals surface area contributed by atoms with Crippen LogP contribution in [0.1, 0.15) is 200 Å². The summed E-state index contributed by atoms with van der Waals surface area (Å²) in [5, 5.41) is 8.70. The zero-order valence-corrected chi connectivity index (χ0v) is 30.4. The highest BCUT2D eigenvalue weighted by atomic mass is 16.5. The highest BCUT2D eigenvalue weighted by Crippen LogP contribution is 2.19. The maximum atomic E-state index is 12.7. The van der Waals surface area contributed by atoms with Gasteiger partial charge in [0.15, 0.2) is 0 Å². The Morgan fingerprint density at radius 3 is 1.39 bits per heavy atom. The molecule has 0 bridgehead atoms. The van der Waals surface area contributed by atoms with Crippen molar-refractivity contribution in [1.29, 1.82) is 0 Å². The van der Waals surface area contributed by atoms with Crippen molar-refractivity contribution < 1.29 is 19.4 Å². The minimum Gasteiger partial charge on any atom is -0.481 e. The summed E-state index contributed by atoms with van der Waals surface area (Å²) < 4.78 is 6.02. The molecule has 0 aliphatic carbocycles. The van der Waals surface area contributed by atoms with E-state index in [1.165, 1.54) is 89.9 Å². The summed E-state index contributed by atoms with van der Waals surface area (Å²) in [6.45, 7) is 4.42. The number of aliphatic carboxylic acids is 1. The fourth-order valence-electron chi connectivity index (χ4n) is 5.70. The first-order chi connectivity index (χ1) is 22.6. The molecule has 0 aromatic rings. The molecule has 0 radical (unpaired) electrons. The van der Waals surface area contributed by atoms with Crippen LogP contribution in [-0.2, 0) is 14.3 Å². The number of carboxylic acid groups (broad SMARTS) is 1. The Morgan fingerprint density at radius 2 is 0.913 bits per heavy atom. The summed E-state index contributed by atoms with van der Waals surface area (Å²) in [4.78, 5) is 23.2. The third-order valence-electron chi connectivity index (χ3n) is 8.57. The van der Waals surface area contributed by atoms with Crippen molar-refractivity contribution in [2.75, 3.05) is 0 Å². The molecule has 0 amide bonds. The van der Waals surface area contributed by atoms with Crippen molar-refractivity contribution in [3.8, 4) is 0 Å². The van der Waals surface area contributed by atoms with Crippen molar-refractivity contribution in [3.05, 3.63) is 48.6 Å². The average Bonchev–Trinajstić information content (AvgIpc) is 3.04. The minimum absolute atomic E-state index is 0.000980. The van der Waals surface area contributed by atoms with E-state index in [1.54, 1.807) is 0 Å². The van der Waals surface area contributed by atoms with Gasteiger partial charge in [-0.25, -0.2) is 0 Å². The molecule has 1 unspecified atom stereocenters. The number of allylic oxidation sites excluding steroid dienone is 8. The molecule has 0 heterocycles. The number of esters is 1. The van der Waals surface area contributed by atoms with E-state index in [4.69, 9.17) is 9.84 Å². The van der Waals surface area contributed by atoms with Crippen LogP contribution in [0.2, 0.25) is 0 Å². The Bertz CT molecular complexity index is 779. The summed E-state index contributed by atoms with van der Waals surface area (Å²) in [6.07, 6.45) is 50.0. The summed E-state index contributed by atoms with van der Waals surface area (Å²) in [5.74, 6) is -0.674. The molecule has 1 N–H and O–H groups in total. The third-order valence-corrected chi connectivity index (χ3v) is 8.57. The van der Waals surface area contributed by atoms with Crippen molar-refractivity contribution in [3.63, 3.8) is 0 Å². The van der Waals surface area contributed by atoms with Crippen LogP contribution in [0.4, 0.5) is 0 Å². The van der Waals surface area contributed by atoms with Gasteiger partial charge in [0.1, 0.15) is 6.10 Å². The van der Waals surface area contributed by atoms with Gasteiger partial charge in [-0.1, -0.05) is 159 Å². The first kappa shape index (κ1) is 43.9. The van der Waals surface area contributed by atoms with E-state index >= 15 is 0 Å². The molecule has 0 aliphatic heterocycles. The normalized spacial score (nSPS) is 12.7. The number of rotatable bonds is 35. The largest absolute Gasteiger partial charge is 0.481 e. The van der Waals surface area contributed by atoms with Gasteiger partial charge in [0.05, 0.1) is 0 Å². The van der Waals surface area contributed by atoms with E-state index in [0.717, 1.165) is 83.5 Å². The molecule has 0 saturated carbocycles. The van der Waals surface area contributed by atoms with Gasteiger partial charge in [-0.2, -0.15) is 0 Å². The topological polar surface area (TPSA) is 63.6 Å². The molecule has 0 spiro atoms. The van der Waals surface area contributed by atoms with Gasteiger partial charge in [-0.3, -0.25) is 9.59 Å². The second kappa shape index (κ2) is 37.4. The monoisotopic (exact) mass is 643 g/mol. The standard InChI is InChI=1S/C42H74O4/c1-3-5-7-9-11-12-13-14-15-16-20-23-27-31-35-39-42(45)46-40(36-32-28-24-10-8-6-4-2)37-33-29-25-21-18-17-19-22-26-30-34-38-41(43)44/h5,7,11-12,14-15,20,23,40H,3-4,6,8-10,13,16-19,21-22,24-39H2,1-2H3,(H,43,44)/b7-5-,12-11-,15-14-,23-20-. The molecule has 4 heteroatoms. The fourth-order valence-corrected chi connectivity index (χ4v) is 5.70. The second-order valence-electron chi connectivity index (χ2n) is 13.1. The highest BCUT2D eigenvalue weighted by Gasteiger charge is 2.14. The molecule has 0 aliphatic rings. The number of carbonyl (C=O) groups excluding carboxylic acids is 1. The van der Waals surface area contributed by atoms with E-state index in [1.807, 2.05) is 0 Å². The van der Waals surface area contributed by atoms with E-state index in [2.05, 4.69) is 62.5 Å². The van der Waals surface area contributed by atoms with Gasteiger partial charge in [-0.15, -0.1) is 0 Å². The maximum Gasteiger partial charge on any atom is 0.306 e. The molecule has 0 aromatic heterocycles. The molecule has 4 nitrogen and oxygen atoms in total. The molecule has 1 atom stereocenters.